The molecule has 7 nitrogen and oxygen atoms in total. The molecule has 0 radical (unpaired) electrons. The number of benzene rings is 2. The fourth-order valence-corrected chi connectivity index (χ4v) is 4.77. The van der Waals surface area contributed by atoms with Gasteiger partial charge < -0.3 is 9.47 Å². The van der Waals surface area contributed by atoms with Gasteiger partial charge in [-0.15, -0.1) is 0 Å². The molecule has 1 saturated heterocycles. The van der Waals surface area contributed by atoms with E-state index in [1.165, 1.54) is 0 Å². The zero-order valence-electron chi connectivity index (χ0n) is 20.9. The Morgan fingerprint density at radius 3 is 2.56 bits per heavy atom. The van der Waals surface area contributed by atoms with Gasteiger partial charge in [0.05, 0.1) is 40.9 Å². The Morgan fingerprint density at radius 1 is 1.08 bits per heavy atom. The number of aromatic nitrogens is 2. The van der Waals surface area contributed by atoms with Crippen LogP contribution in [0.15, 0.2) is 59.6 Å². The fourth-order valence-electron chi connectivity index (χ4n) is 3.71. The summed E-state index contributed by atoms with van der Waals surface area (Å²) in [5, 5.41) is -0.474. The summed E-state index contributed by atoms with van der Waals surface area (Å²) < 4.78 is 36.1. The lowest BCUT2D eigenvalue weighted by Gasteiger charge is -2.26. The van der Waals surface area contributed by atoms with E-state index in [0.29, 0.717) is 22.9 Å². The molecule has 1 fully saturated rings. The van der Waals surface area contributed by atoms with Crippen molar-refractivity contribution in [2.45, 2.75) is 30.9 Å². The number of ether oxygens (including phenoxy) is 2. The van der Waals surface area contributed by atoms with Crippen LogP contribution in [-0.2, 0) is 14.6 Å². The predicted octanol–water partition coefficient (Wildman–Crippen LogP) is 3.74. The van der Waals surface area contributed by atoms with Crippen LogP contribution in [0.1, 0.15) is 30.8 Å². The minimum atomic E-state index is -3.32. The smallest absolute Gasteiger partial charge is 0.180 e. The minimum absolute atomic E-state index is 0.299. The van der Waals surface area contributed by atoms with Crippen molar-refractivity contribution in [3.05, 3.63) is 71.7 Å². The summed E-state index contributed by atoms with van der Waals surface area (Å²) in [5.74, 6) is 7.07. The Morgan fingerprint density at radius 2 is 1.83 bits per heavy atom. The van der Waals surface area contributed by atoms with Gasteiger partial charge in [0.1, 0.15) is 18.1 Å². The van der Waals surface area contributed by atoms with Crippen molar-refractivity contribution in [2.24, 2.45) is 0 Å². The molecule has 0 aliphatic carbocycles. The Hall–Kier alpha value is -3.25. The third-order valence-electron chi connectivity index (χ3n) is 5.99. The highest BCUT2D eigenvalue weighted by Gasteiger charge is 2.19. The maximum absolute atomic E-state index is 12.4. The van der Waals surface area contributed by atoms with E-state index in [0.717, 1.165) is 55.4 Å². The van der Waals surface area contributed by atoms with E-state index in [1.807, 2.05) is 31.2 Å². The second kappa shape index (κ2) is 11.7. The first-order chi connectivity index (χ1) is 17.3. The van der Waals surface area contributed by atoms with Crippen molar-refractivity contribution in [1.82, 2.24) is 14.9 Å². The van der Waals surface area contributed by atoms with E-state index in [4.69, 9.17) is 9.47 Å². The standard InChI is InChI=1S/C28H31N3O4S/c1-21(2)36(32,33)26-10-8-24(9-11-26)28-20-29-22(3)27(30-28)12-7-23-5-4-6-25(19-23)35-18-15-31-13-16-34-17-14-31/h4-6,8-11,19-21H,13-18H2,1-3H3. The second-order valence-electron chi connectivity index (χ2n) is 8.89. The predicted molar refractivity (Wildman–Crippen MR) is 140 cm³/mol. The second-order valence-corrected chi connectivity index (χ2v) is 11.4. The molecule has 0 atom stereocenters. The van der Waals surface area contributed by atoms with Crippen LogP contribution in [0.5, 0.6) is 5.75 Å². The van der Waals surface area contributed by atoms with Crippen molar-refractivity contribution in [2.75, 3.05) is 39.5 Å². The zero-order chi connectivity index (χ0) is 25.5. The molecule has 8 heteroatoms. The lowest BCUT2D eigenvalue weighted by molar-refractivity contribution is 0.0322. The quantitative estimate of drug-likeness (QED) is 0.453. The number of nitrogens with zero attached hydrogens (tertiary/aromatic N) is 3. The minimum Gasteiger partial charge on any atom is -0.492 e. The summed E-state index contributed by atoms with van der Waals surface area (Å²) in [6.07, 6.45) is 1.68. The Bertz CT molecular complexity index is 1350. The molecular weight excluding hydrogens is 474 g/mol. The lowest BCUT2D eigenvalue weighted by atomic mass is 10.1. The first kappa shape index (κ1) is 25.8. The molecule has 0 unspecified atom stereocenters. The molecule has 1 aliphatic rings. The number of rotatable bonds is 7. The van der Waals surface area contributed by atoms with E-state index in [9.17, 15) is 8.42 Å². The van der Waals surface area contributed by atoms with E-state index in [2.05, 4.69) is 26.7 Å². The normalized spacial score (nSPS) is 14.3. The van der Waals surface area contributed by atoms with E-state index < -0.39 is 15.1 Å². The van der Waals surface area contributed by atoms with Gasteiger partial charge in [-0.25, -0.2) is 13.4 Å². The number of hydrogen-bond donors (Lipinski definition) is 0. The third kappa shape index (κ3) is 6.49. The molecule has 2 aromatic carbocycles. The molecule has 4 rings (SSSR count). The van der Waals surface area contributed by atoms with Crippen LogP contribution in [0.2, 0.25) is 0 Å². The Labute approximate surface area is 213 Å². The van der Waals surface area contributed by atoms with Crippen LogP contribution in [0.3, 0.4) is 0 Å². The summed E-state index contributed by atoms with van der Waals surface area (Å²) in [7, 11) is -3.32. The summed E-state index contributed by atoms with van der Waals surface area (Å²) in [5.41, 5.74) is 3.55. The van der Waals surface area contributed by atoms with Gasteiger partial charge in [-0.3, -0.25) is 9.88 Å². The van der Waals surface area contributed by atoms with E-state index in [-0.39, 0.29) is 0 Å². The molecule has 188 valence electrons. The average molecular weight is 506 g/mol. The molecule has 2 heterocycles. The Balaban J connectivity index is 1.46. The van der Waals surface area contributed by atoms with Crippen LogP contribution in [0, 0.1) is 18.8 Å². The van der Waals surface area contributed by atoms with Crippen molar-refractivity contribution in [3.8, 4) is 28.8 Å². The number of aryl methyl sites for hydroxylation is 1. The van der Waals surface area contributed by atoms with Crippen LogP contribution in [-0.4, -0.2) is 68.0 Å². The van der Waals surface area contributed by atoms with E-state index in [1.54, 1.807) is 44.3 Å². The van der Waals surface area contributed by atoms with Crippen LogP contribution >= 0.6 is 0 Å². The maximum Gasteiger partial charge on any atom is 0.180 e. The van der Waals surface area contributed by atoms with Crippen molar-refractivity contribution >= 4 is 9.84 Å². The average Bonchev–Trinajstić information content (AvgIpc) is 2.89. The molecule has 1 aliphatic heterocycles. The maximum atomic E-state index is 12.4. The van der Waals surface area contributed by atoms with Gasteiger partial charge in [0.25, 0.3) is 0 Å². The lowest BCUT2D eigenvalue weighted by Crippen LogP contribution is -2.38. The molecule has 36 heavy (non-hydrogen) atoms. The highest BCUT2D eigenvalue weighted by molar-refractivity contribution is 7.92. The first-order valence-electron chi connectivity index (χ1n) is 12.1. The van der Waals surface area contributed by atoms with Crippen LogP contribution < -0.4 is 4.74 Å². The van der Waals surface area contributed by atoms with Crippen molar-refractivity contribution in [3.63, 3.8) is 0 Å². The van der Waals surface area contributed by atoms with Gasteiger partial charge in [-0.05, 0) is 57.0 Å². The summed E-state index contributed by atoms with van der Waals surface area (Å²) in [6.45, 7) is 10.1. The molecule has 1 aromatic heterocycles. The fraction of sp³-hybridized carbons (Fsp3) is 0.357. The van der Waals surface area contributed by atoms with Crippen molar-refractivity contribution < 1.29 is 17.9 Å². The van der Waals surface area contributed by atoms with Gasteiger partial charge in [-0.1, -0.05) is 24.1 Å². The van der Waals surface area contributed by atoms with Gasteiger partial charge in [0, 0.05) is 30.8 Å². The number of sulfone groups is 1. The summed E-state index contributed by atoms with van der Waals surface area (Å²) in [4.78, 5) is 11.8. The van der Waals surface area contributed by atoms with Crippen molar-refractivity contribution in [1.29, 1.82) is 0 Å². The molecule has 0 amide bonds. The topological polar surface area (TPSA) is 81.6 Å². The monoisotopic (exact) mass is 505 g/mol. The first-order valence-corrected chi connectivity index (χ1v) is 13.6. The molecule has 0 spiro atoms. The van der Waals surface area contributed by atoms with Gasteiger partial charge in [0.2, 0.25) is 0 Å². The SMILES string of the molecule is Cc1ncc(-c2ccc(S(=O)(=O)C(C)C)cc2)nc1C#Cc1cccc(OCCN2CCOCC2)c1. The molecular formula is C28H31N3O4S. The van der Waals surface area contributed by atoms with Gasteiger partial charge in [-0.2, -0.15) is 0 Å². The highest BCUT2D eigenvalue weighted by atomic mass is 32.2. The Kier molecular flexibility index (Phi) is 8.36. The summed E-state index contributed by atoms with van der Waals surface area (Å²) >= 11 is 0. The zero-order valence-corrected chi connectivity index (χ0v) is 21.7. The van der Waals surface area contributed by atoms with Crippen LogP contribution in [0.4, 0.5) is 0 Å². The molecule has 3 aromatic rings. The van der Waals surface area contributed by atoms with Gasteiger partial charge >= 0.3 is 0 Å². The third-order valence-corrected chi connectivity index (χ3v) is 8.16. The van der Waals surface area contributed by atoms with E-state index >= 15 is 0 Å². The molecule has 0 bridgehead atoms. The number of morpholine rings is 1. The van der Waals surface area contributed by atoms with Gasteiger partial charge in [0.15, 0.2) is 9.84 Å². The highest BCUT2D eigenvalue weighted by Crippen LogP contribution is 2.22. The van der Waals surface area contributed by atoms with Crippen LogP contribution in [0.25, 0.3) is 11.3 Å². The summed E-state index contributed by atoms with van der Waals surface area (Å²) in [6, 6.07) is 14.4. The largest absolute Gasteiger partial charge is 0.492 e. The molecule has 0 saturated carbocycles. The number of hydrogen-bond acceptors (Lipinski definition) is 7. The molecule has 0 N–H and O–H groups in total.